The zero-order chi connectivity index (χ0) is 12.6. The SMILES string of the molecule is COCCCOCCOC1(CC(=O)O)CCC1. The Morgan fingerprint density at radius 1 is 1.24 bits per heavy atom. The number of carboxylic acid groups (broad SMARTS) is 1. The molecule has 0 amide bonds. The minimum Gasteiger partial charge on any atom is -0.481 e. The van der Waals surface area contributed by atoms with E-state index in [1.807, 2.05) is 0 Å². The Balaban J connectivity index is 2.02. The van der Waals surface area contributed by atoms with Gasteiger partial charge in [0, 0.05) is 20.3 Å². The average Bonchev–Trinajstić information content (AvgIpc) is 2.23. The fourth-order valence-corrected chi connectivity index (χ4v) is 1.94. The lowest BCUT2D eigenvalue weighted by Crippen LogP contribution is -2.42. The summed E-state index contributed by atoms with van der Waals surface area (Å²) in [5.41, 5.74) is -0.415. The second kappa shape index (κ2) is 7.63. The van der Waals surface area contributed by atoms with Crippen molar-refractivity contribution in [3.8, 4) is 0 Å². The van der Waals surface area contributed by atoms with Crippen molar-refractivity contribution in [1.82, 2.24) is 0 Å². The van der Waals surface area contributed by atoms with Crippen LogP contribution >= 0.6 is 0 Å². The van der Waals surface area contributed by atoms with Crippen molar-refractivity contribution >= 4 is 5.97 Å². The van der Waals surface area contributed by atoms with Gasteiger partial charge < -0.3 is 19.3 Å². The van der Waals surface area contributed by atoms with Crippen molar-refractivity contribution in [2.75, 3.05) is 33.5 Å². The Morgan fingerprint density at radius 2 is 2.00 bits per heavy atom. The van der Waals surface area contributed by atoms with Crippen LogP contribution in [0, 0.1) is 0 Å². The van der Waals surface area contributed by atoms with Crippen molar-refractivity contribution in [3.63, 3.8) is 0 Å². The molecule has 5 nitrogen and oxygen atoms in total. The van der Waals surface area contributed by atoms with Crippen LogP contribution < -0.4 is 0 Å². The highest BCUT2D eigenvalue weighted by molar-refractivity contribution is 5.68. The maximum atomic E-state index is 10.7. The van der Waals surface area contributed by atoms with Crippen LogP contribution in [-0.2, 0) is 19.0 Å². The molecule has 1 saturated carbocycles. The lowest BCUT2D eigenvalue weighted by Gasteiger charge is -2.40. The maximum absolute atomic E-state index is 10.7. The van der Waals surface area contributed by atoms with E-state index in [1.165, 1.54) is 0 Å². The van der Waals surface area contributed by atoms with Crippen LogP contribution in [0.5, 0.6) is 0 Å². The number of ether oxygens (including phenoxy) is 3. The molecule has 1 N–H and O–H groups in total. The molecule has 17 heavy (non-hydrogen) atoms. The first-order chi connectivity index (χ1) is 8.18. The van der Waals surface area contributed by atoms with E-state index in [9.17, 15) is 4.79 Å². The molecule has 1 aliphatic rings. The van der Waals surface area contributed by atoms with E-state index in [0.717, 1.165) is 25.7 Å². The second-order valence-electron chi connectivity index (χ2n) is 4.41. The van der Waals surface area contributed by atoms with E-state index in [0.29, 0.717) is 26.4 Å². The van der Waals surface area contributed by atoms with Gasteiger partial charge >= 0.3 is 5.97 Å². The molecular formula is C12H22O5. The summed E-state index contributed by atoms with van der Waals surface area (Å²) in [6, 6.07) is 0. The zero-order valence-corrected chi connectivity index (χ0v) is 10.4. The molecule has 1 fully saturated rings. The fraction of sp³-hybridized carbons (Fsp3) is 0.917. The summed E-state index contributed by atoms with van der Waals surface area (Å²) in [6.07, 6.45) is 3.74. The molecule has 0 atom stereocenters. The van der Waals surface area contributed by atoms with Crippen molar-refractivity contribution in [3.05, 3.63) is 0 Å². The third-order valence-electron chi connectivity index (χ3n) is 3.01. The van der Waals surface area contributed by atoms with Crippen molar-refractivity contribution < 1.29 is 24.1 Å². The van der Waals surface area contributed by atoms with Gasteiger partial charge in [0.05, 0.1) is 25.2 Å². The van der Waals surface area contributed by atoms with Gasteiger partial charge in [0.25, 0.3) is 0 Å². The third kappa shape index (κ3) is 5.48. The number of carboxylic acids is 1. The molecule has 0 unspecified atom stereocenters. The van der Waals surface area contributed by atoms with Gasteiger partial charge in [0.15, 0.2) is 0 Å². The molecule has 0 aromatic carbocycles. The highest BCUT2D eigenvalue weighted by atomic mass is 16.5. The number of rotatable bonds is 10. The summed E-state index contributed by atoms with van der Waals surface area (Å²) in [5.74, 6) is -0.786. The quantitative estimate of drug-likeness (QED) is 0.591. The molecule has 0 aromatic heterocycles. The molecule has 0 radical (unpaired) electrons. The highest BCUT2D eigenvalue weighted by Crippen LogP contribution is 2.38. The lowest BCUT2D eigenvalue weighted by atomic mass is 9.77. The Bertz CT molecular complexity index is 225. The highest BCUT2D eigenvalue weighted by Gasteiger charge is 2.39. The summed E-state index contributed by atoms with van der Waals surface area (Å²) in [7, 11) is 1.66. The minimum atomic E-state index is -0.786. The fourth-order valence-electron chi connectivity index (χ4n) is 1.94. The topological polar surface area (TPSA) is 65.0 Å². The van der Waals surface area contributed by atoms with Crippen molar-refractivity contribution in [2.45, 2.75) is 37.7 Å². The van der Waals surface area contributed by atoms with Crippen molar-refractivity contribution in [1.29, 1.82) is 0 Å². The van der Waals surface area contributed by atoms with Crippen LogP contribution in [0.4, 0.5) is 0 Å². The smallest absolute Gasteiger partial charge is 0.306 e. The largest absolute Gasteiger partial charge is 0.481 e. The van der Waals surface area contributed by atoms with Gasteiger partial charge in [-0.3, -0.25) is 4.79 Å². The van der Waals surface area contributed by atoms with E-state index in [4.69, 9.17) is 19.3 Å². The maximum Gasteiger partial charge on any atom is 0.306 e. The minimum absolute atomic E-state index is 0.108. The Morgan fingerprint density at radius 3 is 2.53 bits per heavy atom. The van der Waals surface area contributed by atoms with Gasteiger partial charge in [-0.05, 0) is 25.7 Å². The summed E-state index contributed by atoms with van der Waals surface area (Å²) >= 11 is 0. The average molecular weight is 246 g/mol. The summed E-state index contributed by atoms with van der Waals surface area (Å²) in [5, 5.41) is 8.79. The Labute approximate surface area is 102 Å². The van der Waals surface area contributed by atoms with Gasteiger partial charge in [-0.2, -0.15) is 0 Å². The second-order valence-corrected chi connectivity index (χ2v) is 4.41. The van der Waals surface area contributed by atoms with Crippen LogP contribution in [0.25, 0.3) is 0 Å². The number of methoxy groups -OCH3 is 1. The van der Waals surface area contributed by atoms with E-state index in [1.54, 1.807) is 7.11 Å². The molecule has 0 heterocycles. The summed E-state index contributed by atoms with van der Waals surface area (Å²) in [4.78, 5) is 10.7. The van der Waals surface area contributed by atoms with Gasteiger partial charge in [-0.15, -0.1) is 0 Å². The zero-order valence-electron chi connectivity index (χ0n) is 10.4. The molecular weight excluding hydrogens is 224 g/mol. The van der Waals surface area contributed by atoms with Gasteiger partial charge in [-0.1, -0.05) is 0 Å². The normalized spacial score (nSPS) is 17.7. The van der Waals surface area contributed by atoms with E-state index >= 15 is 0 Å². The molecule has 100 valence electrons. The number of hydrogen-bond donors (Lipinski definition) is 1. The molecule has 0 aliphatic heterocycles. The van der Waals surface area contributed by atoms with E-state index < -0.39 is 11.6 Å². The molecule has 0 bridgehead atoms. The molecule has 0 spiro atoms. The number of hydrogen-bond acceptors (Lipinski definition) is 4. The molecule has 0 aromatic rings. The lowest BCUT2D eigenvalue weighted by molar-refractivity contribution is -0.157. The van der Waals surface area contributed by atoms with Gasteiger partial charge in [0.2, 0.25) is 0 Å². The first kappa shape index (κ1) is 14.4. The van der Waals surface area contributed by atoms with Crippen LogP contribution in [-0.4, -0.2) is 50.2 Å². The standard InChI is InChI=1S/C12H22O5/c1-15-6-3-7-16-8-9-17-12(4-2-5-12)10-11(13)14/h2-10H2,1H3,(H,13,14). The van der Waals surface area contributed by atoms with Crippen LogP contribution in [0.1, 0.15) is 32.1 Å². The van der Waals surface area contributed by atoms with Crippen LogP contribution in [0.2, 0.25) is 0 Å². The number of aliphatic carboxylic acids is 1. The van der Waals surface area contributed by atoms with Gasteiger partial charge in [0.1, 0.15) is 0 Å². The summed E-state index contributed by atoms with van der Waals surface area (Å²) < 4.78 is 15.9. The van der Waals surface area contributed by atoms with Crippen LogP contribution in [0.15, 0.2) is 0 Å². The first-order valence-corrected chi connectivity index (χ1v) is 6.11. The van der Waals surface area contributed by atoms with E-state index in [2.05, 4.69) is 0 Å². The summed E-state index contributed by atoms with van der Waals surface area (Å²) in [6.45, 7) is 2.35. The van der Waals surface area contributed by atoms with Crippen LogP contribution in [0.3, 0.4) is 0 Å². The monoisotopic (exact) mass is 246 g/mol. The Hall–Kier alpha value is -0.650. The molecule has 0 saturated heterocycles. The van der Waals surface area contributed by atoms with E-state index in [-0.39, 0.29) is 6.42 Å². The molecule has 1 rings (SSSR count). The third-order valence-corrected chi connectivity index (χ3v) is 3.01. The predicted octanol–water partition coefficient (Wildman–Crippen LogP) is 1.45. The predicted molar refractivity (Wildman–Crippen MR) is 62.1 cm³/mol. The molecule has 1 aliphatic carbocycles. The van der Waals surface area contributed by atoms with Gasteiger partial charge in [-0.25, -0.2) is 0 Å². The van der Waals surface area contributed by atoms with Crippen molar-refractivity contribution in [2.24, 2.45) is 0 Å². The Kier molecular flexibility index (Phi) is 6.47. The first-order valence-electron chi connectivity index (χ1n) is 6.11. The molecule has 5 heteroatoms. The number of carbonyl (C=O) groups is 1.